The van der Waals surface area contributed by atoms with Crippen molar-refractivity contribution in [2.75, 3.05) is 13.1 Å². The number of nitrogens with two attached hydrogens (primary N) is 1. The predicted molar refractivity (Wildman–Crippen MR) is 60.0 cm³/mol. The second-order valence-electron chi connectivity index (χ2n) is 3.57. The van der Waals surface area contributed by atoms with Gasteiger partial charge in [0, 0.05) is 6.54 Å². The molecule has 17 heavy (non-hydrogen) atoms. The molecule has 3 N–H and O–H groups in total. The molecule has 0 atom stereocenters. The summed E-state index contributed by atoms with van der Waals surface area (Å²) in [5, 5.41) is 0. The Labute approximate surface area is 98.9 Å². The molecule has 0 fully saturated rings. The molecule has 4 nitrogen and oxygen atoms in total. The Hall–Kier alpha value is -1.05. The third-order valence-electron chi connectivity index (χ3n) is 2.18. The fourth-order valence-electron chi connectivity index (χ4n) is 1.22. The lowest BCUT2D eigenvalue weighted by Gasteiger charge is -2.08. The van der Waals surface area contributed by atoms with Gasteiger partial charge < -0.3 is 5.73 Å². The molecule has 1 aromatic rings. The van der Waals surface area contributed by atoms with Crippen molar-refractivity contribution in [1.82, 2.24) is 4.72 Å². The van der Waals surface area contributed by atoms with Gasteiger partial charge in [-0.1, -0.05) is 0 Å². The number of sulfonamides is 1. The lowest BCUT2D eigenvalue weighted by molar-refractivity contribution is 0.542. The van der Waals surface area contributed by atoms with Crippen molar-refractivity contribution in [1.29, 1.82) is 0 Å². The molecule has 0 aliphatic rings. The molecule has 7 heteroatoms. The summed E-state index contributed by atoms with van der Waals surface area (Å²) in [5.41, 5.74) is 5.26. The van der Waals surface area contributed by atoms with Crippen molar-refractivity contribution >= 4 is 10.0 Å². The molecular formula is C10H14F2N2O2S. The summed E-state index contributed by atoms with van der Waals surface area (Å²) in [7, 11) is -4.02. The van der Waals surface area contributed by atoms with Crippen LogP contribution >= 0.6 is 0 Å². The molecule has 0 aromatic heterocycles. The maximum atomic E-state index is 13.4. The van der Waals surface area contributed by atoms with E-state index in [0.29, 0.717) is 19.0 Å². The van der Waals surface area contributed by atoms with E-state index in [4.69, 9.17) is 5.73 Å². The van der Waals surface area contributed by atoms with Crippen LogP contribution in [-0.4, -0.2) is 21.5 Å². The number of hydrogen-bond acceptors (Lipinski definition) is 3. The van der Waals surface area contributed by atoms with E-state index in [9.17, 15) is 17.2 Å². The molecule has 0 spiro atoms. The standard InChI is InChI=1S/C10H14F2N2O2S/c1-7-5-9(12)10(6-8(7)11)17(15,16)14-4-2-3-13/h5-6,14H,2-4,13H2,1H3. The van der Waals surface area contributed by atoms with Crippen molar-refractivity contribution < 1.29 is 17.2 Å². The lowest BCUT2D eigenvalue weighted by atomic mass is 10.2. The monoisotopic (exact) mass is 264 g/mol. The molecule has 0 unspecified atom stereocenters. The van der Waals surface area contributed by atoms with Crippen LogP contribution < -0.4 is 10.5 Å². The molecule has 0 aliphatic carbocycles. The van der Waals surface area contributed by atoms with Crippen molar-refractivity contribution in [3.05, 3.63) is 29.3 Å². The number of aryl methyl sites for hydroxylation is 1. The van der Waals surface area contributed by atoms with Crippen LogP contribution in [0.5, 0.6) is 0 Å². The molecule has 1 aromatic carbocycles. The normalized spacial score (nSPS) is 11.8. The highest BCUT2D eigenvalue weighted by Gasteiger charge is 2.20. The van der Waals surface area contributed by atoms with Gasteiger partial charge in [0.25, 0.3) is 0 Å². The van der Waals surface area contributed by atoms with Gasteiger partial charge in [0.15, 0.2) is 0 Å². The number of halogens is 2. The van der Waals surface area contributed by atoms with Gasteiger partial charge in [-0.2, -0.15) is 0 Å². The van der Waals surface area contributed by atoms with Crippen LogP contribution in [0.1, 0.15) is 12.0 Å². The van der Waals surface area contributed by atoms with Gasteiger partial charge in [-0.25, -0.2) is 21.9 Å². The van der Waals surface area contributed by atoms with Crippen LogP contribution in [-0.2, 0) is 10.0 Å². The zero-order valence-corrected chi connectivity index (χ0v) is 10.2. The Balaban J connectivity index is 3.03. The van der Waals surface area contributed by atoms with E-state index < -0.39 is 26.6 Å². The maximum absolute atomic E-state index is 13.4. The summed E-state index contributed by atoms with van der Waals surface area (Å²) in [6.07, 6.45) is 0.426. The summed E-state index contributed by atoms with van der Waals surface area (Å²) in [5.74, 6) is -1.73. The highest BCUT2D eigenvalue weighted by Crippen LogP contribution is 2.18. The third kappa shape index (κ3) is 3.45. The molecule has 0 bridgehead atoms. The first-order valence-corrected chi connectivity index (χ1v) is 6.52. The largest absolute Gasteiger partial charge is 0.330 e. The van der Waals surface area contributed by atoms with Crippen LogP contribution in [0.3, 0.4) is 0 Å². The Morgan fingerprint density at radius 2 is 1.94 bits per heavy atom. The molecular weight excluding hydrogens is 250 g/mol. The predicted octanol–water partition coefficient (Wildman–Crippen LogP) is 0.900. The Morgan fingerprint density at radius 3 is 2.53 bits per heavy atom. The third-order valence-corrected chi connectivity index (χ3v) is 3.65. The van der Waals surface area contributed by atoms with Gasteiger partial charge in [-0.05, 0) is 37.6 Å². The van der Waals surface area contributed by atoms with Crippen LogP contribution in [0.4, 0.5) is 8.78 Å². The highest BCUT2D eigenvalue weighted by molar-refractivity contribution is 7.89. The van der Waals surface area contributed by atoms with E-state index in [0.717, 1.165) is 6.07 Å². The van der Waals surface area contributed by atoms with Gasteiger partial charge in [-0.3, -0.25) is 0 Å². The van der Waals surface area contributed by atoms with Gasteiger partial charge in [0.2, 0.25) is 10.0 Å². The van der Waals surface area contributed by atoms with Gasteiger partial charge in [0.1, 0.15) is 16.5 Å². The van der Waals surface area contributed by atoms with E-state index >= 15 is 0 Å². The number of nitrogens with one attached hydrogen (secondary N) is 1. The molecule has 0 radical (unpaired) electrons. The average molecular weight is 264 g/mol. The zero-order chi connectivity index (χ0) is 13.1. The van der Waals surface area contributed by atoms with Gasteiger partial charge in [0.05, 0.1) is 0 Å². The maximum Gasteiger partial charge on any atom is 0.243 e. The van der Waals surface area contributed by atoms with Crippen LogP contribution in [0.25, 0.3) is 0 Å². The number of hydrogen-bond donors (Lipinski definition) is 2. The van der Waals surface area contributed by atoms with E-state index in [-0.39, 0.29) is 12.1 Å². The van der Waals surface area contributed by atoms with E-state index in [2.05, 4.69) is 4.72 Å². The molecule has 0 aliphatic heterocycles. The van der Waals surface area contributed by atoms with E-state index in [1.165, 1.54) is 6.92 Å². The fraction of sp³-hybridized carbons (Fsp3) is 0.400. The van der Waals surface area contributed by atoms with Crippen LogP contribution in [0.15, 0.2) is 17.0 Å². The molecule has 0 saturated heterocycles. The van der Waals surface area contributed by atoms with Crippen molar-refractivity contribution in [2.24, 2.45) is 5.73 Å². The summed E-state index contributed by atoms with van der Waals surface area (Å²) in [6, 6.07) is 1.53. The quantitative estimate of drug-likeness (QED) is 0.776. The smallest absolute Gasteiger partial charge is 0.243 e. The topological polar surface area (TPSA) is 72.2 Å². The Bertz CT molecular complexity index is 503. The lowest BCUT2D eigenvalue weighted by Crippen LogP contribution is -2.27. The highest BCUT2D eigenvalue weighted by atomic mass is 32.2. The van der Waals surface area contributed by atoms with Crippen LogP contribution in [0.2, 0.25) is 0 Å². The molecule has 0 saturated carbocycles. The summed E-state index contributed by atoms with van der Waals surface area (Å²) in [6.45, 7) is 1.76. The number of rotatable bonds is 5. The first kappa shape index (κ1) is 14.0. The minimum absolute atomic E-state index is 0.0587. The second-order valence-corrected chi connectivity index (χ2v) is 5.31. The second kappa shape index (κ2) is 5.52. The van der Waals surface area contributed by atoms with E-state index in [1.54, 1.807) is 0 Å². The van der Waals surface area contributed by atoms with Crippen molar-refractivity contribution in [2.45, 2.75) is 18.2 Å². The van der Waals surface area contributed by atoms with Gasteiger partial charge in [-0.15, -0.1) is 0 Å². The number of benzene rings is 1. The zero-order valence-electron chi connectivity index (χ0n) is 9.33. The molecule has 0 heterocycles. The molecule has 1 rings (SSSR count). The summed E-state index contributed by atoms with van der Waals surface area (Å²) in [4.78, 5) is -0.683. The first-order chi connectivity index (χ1) is 7.88. The minimum Gasteiger partial charge on any atom is -0.330 e. The average Bonchev–Trinajstić information content (AvgIpc) is 2.23. The van der Waals surface area contributed by atoms with Crippen molar-refractivity contribution in [3.8, 4) is 0 Å². The Morgan fingerprint density at radius 1 is 1.29 bits per heavy atom. The summed E-state index contributed by atoms with van der Waals surface area (Å²) >= 11 is 0. The molecule has 96 valence electrons. The molecule has 0 amide bonds. The first-order valence-electron chi connectivity index (χ1n) is 5.04. The Kier molecular flexibility index (Phi) is 4.55. The van der Waals surface area contributed by atoms with Gasteiger partial charge >= 0.3 is 0 Å². The SMILES string of the molecule is Cc1cc(F)c(S(=O)(=O)NCCCN)cc1F. The van der Waals surface area contributed by atoms with E-state index in [1.807, 2.05) is 0 Å². The van der Waals surface area contributed by atoms with Crippen LogP contribution in [0, 0.1) is 18.6 Å². The van der Waals surface area contributed by atoms with Crippen molar-refractivity contribution in [3.63, 3.8) is 0 Å². The fourth-order valence-corrected chi connectivity index (χ4v) is 2.36. The minimum atomic E-state index is -4.02. The summed E-state index contributed by atoms with van der Waals surface area (Å²) < 4.78 is 52.0.